The molecule has 0 unspecified atom stereocenters. The van der Waals surface area contributed by atoms with Gasteiger partial charge >= 0.3 is 0 Å². The van der Waals surface area contributed by atoms with Crippen LogP contribution in [0.25, 0.3) is 0 Å². The van der Waals surface area contributed by atoms with Gasteiger partial charge in [-0.15, -0.1) is 11.8 Å². The molecule has 0 radical (unpaired) electrons. The Balaban J connectivity index is 2.03. The van der Waals surface area contributed by atoms with Crippen molar-refractivity contribution in [3.63, 3.8) is 0 Å². The van der Waals surface area contributed by atoms with Gasteiger partial charge in [0.2, 0.25) is 0 Å². The van der Waals surface area contributed by atoms with Crippen molar-refractivity contribution in [1.29, 1.82) is 0 Å². The van der Waals surface area contributed by atoms with E-state index in [0.29, 0.717) is 5.75 Å². The number of halogens is 1. The Bertz CT molecular complexity index is 608. The summed E-state index contributed by atoms with van der Waals surface area (Å²) < 4.78 is 18.7. The van der Waals surface area contributed by atoms with Crippen LogP contribution in [0.5, 0.6) is 5.75 Å². The lowest BCUT2D eigenvalue weighted by atomic mass is 10.1. The van der Waals surface area contributed by atoms with E-state index in [2.05, 4.69) is 0 Å². The number of benzene rings is 2. The van der Waals surface area contributed by atoms with Gasteiger partial charge in [0.25, 0.3) is 0 Å². The molecule has 0 aliphatic rings. The molecular weight excluding hydrogens is 275 g/mol. The number of thioether (sulfide) groups is 1. The molecule has 4 heteroatoms. The summed E-state index contributed by atoms with van der Waals surface area (Å²) in [6, 6.07) is 12.2. The highest BCUT2D eigenvalue weighted by Gasteiger charge is 2.12. The number of Topliss-reactive ketones (excluding diaryl/α,β-unsaturated/α-hetero) is 1. The molecule has 0 aliphatic carbocycles. The van der Waals surface area contributed by atoms with Crippen molar-refractivity contribution in [1.82, 2.24) is 0 Å². The van der Waals surface area contributed by atoms with E-state index in [1.807, 2.05) is 31.2 Å². The molecule has 104 valence electrons. The van der Waals surface area contributed by atoms with Crippen LogP contribution in [0, 0.1) is 12.7 Å². The molecule has 0 spiro atoms. The zero-order chi connectivity index (χ0) is 14.5. The van der Waals surface area contributed by atoms with Crippen LogP contribution in [0.3, 0.4) is 0 Å². The number of carbonyl (C=O) groups excluding carboxylic acids is 1. The van der Waals surface area contributed by atoms with E-state index in [1.54, 1.807) is 6.07 Å². The normalized spacial score (nSPS) is 10.3. The second kappa shape index (κ2) is 6.57. The average Bonchev–Trinajstić information content (AvgIpc) is 2.46. The zero-order valence-corrected chi connectivity index (χ0v) is 12.2. The largest absolute Gasteiger partial charge is 0.497 e. The first-order valence-corrected chi connectivity index (χ1v) is 7.15. The quantitative estimate of drug-likeness (QED) is 0.612. The van der Waals surface area contributed by atoms with Gasteiger partial charge in [0.05, 0.1) is 18.4 Å². The van der Waals surface area contributed by atoms with Crippen molar-refractivity contribution < 1.29 is 13.9 Å². The highest BCUT2D eigenvalue weighted by molar-refractivity contribution is 8.00. The molecule has 0 bridgehead atoms. The fourth-order valence-corrected chi connectivity index (χ4v) is 2.49. The van der Waals surface area contributed by atoms with Gasteiger partial charge in [0.15, 0.2) is 5.78 Å². The number of aryl methyl sites for hydroxylation is 1. The summed E-state index contributed by atoms with van der Waals surface area (Å²) in [7, 11) is 1.46. The monoisotopic (exact) mass is 290 g/mol. The fourth-order valence-electron chi connectivity index (χ4n) is 1.71. The SMILES string of the molecule is COc1ccc(C(=O)CSc2ccc(C)cc2)c(F)c1. The first-order valence-electron chi connectivity index (χ1n) is 6.16. The number of ether oxygens (including phenoxy) is 1. The molecule has 0 heterocycles. The smallest absolute Gasteiger partial charge is 0.176 e. The number of carbonyl (C=O) groups is 1. The van der Waals surface area contributed by atoms with E-state index in [9.17, 15) is 9.18 Å². The van der Waals surface area contributed by atoms with Crippen molar-refractivity contribution in [2.75, 3.05) is 12.9 Å². The Kier molecular flexibility index (Phi) is 4.79. The van der Waals surface area contributed by atoms with E-state index >= 15 is 0 Å². The van der Waals surface area contributed by atoms with Crippen LogP contribution in [0.2, 0.25) is 0 Å². The minimum Gasteiger partial charge on any atom is -0.497 e. The second-order valence-corrected chi connectivity index (χ2v) is 5.42. The van der Waals surface area contributed by atoms with Crippen LogP contribution in [-0.2, 0) is 0 Å². The Morgan fingerprint density at radius 1 is 1.20 bits per heavy atom. The number of hydrogen-bond donors (Lipinski definition) is 0. The van der Waals surface area contributed by atoms with Gasteiger partial charge in [-0.05, 0) is 31.2 Å². The number of rotatable bonds is 5. The number of ketones is 1. The highest BCUT2D eigenvalue weighted by atomic mass is 32.2. The minimum atomic E-state index is -0.543. The van der Waals surface area contributed by atoms with Gasteiger partial charge < -0.3 is 4.74 Å². The second-order valence-electron chi connectivity index (χ2n) is 4.37. The van der Waals surface area contributed by atoms with Crippen LogP contribution in [0.4, 0.5) is 4.39 Å². The third-order valence-electron chi connectivity index (χ3n) is 2.87. The summed E-state index contributed by atoms with van der Waals surface area (Å²) in [5, 5.41) is 0. The molecule has 2 nitrogen and oxygen atoms in total. The summed E-state index contributed by atoms with van der Waals surface area (Å²) in [5.41, 5.74) is 1.27. The summed E-state index contributed by atoms with van der Waals surface area (Å²) in [4.78, 5) is 13.0. The van der Waals surface area contributed by atoms with E-state index in [-0.39, 0.29) is 17.1 Å². The van der Waals surface area contributed by atoms with Gasteiger partial charge in [-0.25, -0.2) is 4.39 Å². The molecule has 0 atom stereocenters. The fraction of sp³-hybridized carbons (Fsp3) is 0.188. The molecule has 0 amide bonds. The highest BCUT2D eigenvalue weighted by Crippen LogP contribution is 2.22. The topological polar surface area (TPSA) is 26.3 Å². The van der Waals surface area contributed by atoms with Crippen LogP contribution in [0.1, 0.15) is 15.9 Å². The van der Waals surface area contributed by atoms with Crippen molar-refractivity contribution in [2.24, 2.45) is 0 Å². The van der Waals surface area contributed by atoms with E-state index in [4.69, 9.17) is 4.74 Å². The van der Waals surface area contributed by atoms with Crippen molar-refractivity contribution >= 4 is 17.5 Å². The molecular formula is C16H15FO2S. The number of methoxy groups -OCH3 is 1. The van der Waals surface area contributed by atoms with Gasteiger partial charge in [-0.1, -0.05) is 17.7 Å². The van der Waals surface area contributed by atoms with Crippen molar-refractivity contribution in [3.05, 3.63) is 59.4 Å². The molecule has 0 aliphatic heterocycles. The Morgan fingerprint density at radius 3 is 2.50 bits per heavy atom. The molecule has 2 aromatic rings. The van der Waals surface area contributed by atoms with E-state index < -0.39 is 5.82 Å². The maximum atomic E-state index is 13.8. The lowest BCUT2D eigenvalue weighted by molar-refractivity contribution is 0.101. The third-order valence-corrected chi connectivity index (χ3v) is 3.88. The van der Waals surface area contributed by atoms with E-state index in [1.165, 1.54) is 36.6 Å². The third kappa shape index (κ3) is 3.61. The summed E-state index contributed by atoms with van der Waals surface area (Å²) in [5.74, 6) is -0.147. The van der Waals surface area contributed by atoms with E-state index in [0.717, 1.165) is 4.90 Å². The van der Waals surface area contributed by atoms with Crippen molar-refractivity contribution in [2.45, 2.75) is 11.8 Å². The first kappa shape index (κ1) is 14.6. The average molecular weight is 290 g/mol. The summed E-state index contributed by atoms with van der Waals surface area (Å²) in [6.45, 7) is 2.01. The van der Waals surface area contributed by atoms with Crippen LogP contribution in [-0.4, -0.2) is 18.6 Å². The first-order chi connectivity index (χ1) is 9.60. The lowest BCUT2D eigenvalue weighted by Gasteiger charge is -2.05. The Labute approximate surface area is 122 Å². The van der Waals surface area contributed by atoms with Gasteiger partial charge in [0.1, 0.15) is 11.6 Å². The zero-order valence-electron chi connectivity index (χ0n) is 11.4. The minimum absolute atomic E-state index is 0.102. The van der Waals surface area contributed by atoms with Gasteiger partial charge in [-0.3, -0.25) is 4.79 Å². The molecule has 0 saturated heterocycles. The van der Waals surface area contributed by atoms with Crippen LogP contribution >= 0.6 is 11.8 Å². The predicted octanol–water partition coefficient (Wildman–Crippen LogP) is 4.12. The summed E-state index contributed by atoms with van der Waals surface area (Å²) >= 11 is 1.40. The summed E-state index contributed by atoms with van der Waals surface area (Å²) in [6.07, 6.45) is 0. The van der Waals surface area contributed by atoms with Crippen LogP contribution in [0.15, 0.2) is 47.4 Å². The van der Waals surface area contributed by atoms with Crippen molar-refractivity contribution in [3.8, 4) is 5.75 Å². The number of hydrogen-bond acceptors (Lipinski definition) is 3. The van der Waals surface area contributed by atoms with Crippen LogP contribution < -0.4 is 4.74 Å². The standard InChI is InChI=1S/C16H15FO2S/c1-11-3-6-13(7-4-11)20-10-16(18)14-8-5-12(19-2)9-15(14)17/h3-9H,10H2,1-2H3. The van der Waals surface area contributed by atoms with Gasteiger partial charge in [0, 0.05) is 11.0 Å². The molecule has 0 N–H and O–H groups in total. The predicted molar refractivity (Wildman–Crippen MR) is 79.2 cm³/mol. The Hall–Kier alpha value is -1.81. The molecule has 20 heavy (non-hydrogen) atoms. The van der Waals surface area contributed by atoms with Gasteiger partial charge in [-0.2, -0.15) is 0 Å². The maximum absolute atomic E-state index is 13.8. The molecule has 0 aromatic heterocycles. The molecule has 0 fully saturated rings. The lowest BCUT2D eigenvalue weighted by Crippen LogP contribution is -2.05. The molecule has 2 aromatic carbocycles. The molecule has 2 rings (SSSR count). The maximum Gasteiger partial charge on any atom is 0.176 e. The molecule has 0 saturated carbocycles. The Morgan fingerprint density at radius 2 is 1.90 bits per heavy atom.